The molecule has 0 radical (unpaired) electrons. The number of hydrogen-bond acceptors (Lipinski definition) is 3. The van der Waals surface area contributed by atoms with Crippen molar-refractivity contribution in [3.8, 4) is 0 Å². The Morgan fingerprint density at radius 1 is 1.35 bits per heavy atom. The van der Waals surface area contributed by atoms with Crippen molar-refractivity contribution in [2.45, 2.75) is 38.3 Å². The van der Waals surface area contributed by atoms with E-state index in [0.717, 1.165) is 6.92 Å². The molecule has 17 heavy (non-hydrogen) atoms. The van der Waals surface area contributed by atoms with Crippen LogP contribution in [0.5, 0.6) is 0 Å². The van der Waals surface area contributed by atoms with Gasteiger partial charge in [-0.15, -0.1) is 0 Å². The molecule has 1 heterocycles. The summed E-state index contributed by atoms with van der Waals surface area (Å²) < 4.78 is 42.2. The van der Waals surface area contributed by atoms with Gasteiger partial charge in [0.15, 0.2) is 6.10 Å². The molecule has 3 atom stereocenters. The monoisotopic (exact) mass is 248 g/mol. The lowest BCUT2D eigenvalue weighted by atomic mass is 10.1. The summed E-state index contributed by atoms with van der Waals surface area (Å²) in [4.78, 5) is 3.84. The predicted octanol–water partition coefficient (Wildman–Crippen LogP) is 2.44. The number of halogens is 3. The molecule has 6 heteroatoms. The van der Waals surface area contributed by atoms with Crippen molar-refractivity contribution in [1.29, 1.82) is 0 Å². The molecule has 0 fully saturated rings. The summed E-state index contributed by atoms with van der Waals surface area (Å²) in [6, 6.07) is 2.72. The zero-order chi connectivity index (χ0) is 13.1. The van der Waals surface area contributed by atoms with Crippen LogP contribution in [0.25, 0.3) is 0 Å². The first-order valence-corrected chi connectivity index (χ1v) is 5.20. The minimum absolute atomic E-state index is 0.540. The summed E-state index contributed by atoms with van der Waals surface area (Å²) in [6.45, 7) is 2.56. The van der Waals surface area contributed by atoms with Crippen LogP contribution in [0.2, 0.25) is 0 Å². The zero-order valence-electron chi connectivity index (χ0n) is 9.61. The Labute approximate surface area is 97.8 Å². The smallest absolute Gasteiger partial charge is 0.359 e. The van der Waals surface area contributed by atoms with Gasteiger partial charge in [0.05, 0.1) is 6.10 Å². The molecule has 1 aromatic rings. The van der Waals surface area contributed by atoms with Gasteiger partial charge in [0.25, 0.3) is 0 Å². The van der Waals surface area contributed by atoms with E-state index in [2.05, 4.69) is 4.98 Å². The van der Waals surface area contributed by atoms with E-state index < -0.39 is 24.4 Å². The first kappa shape index (κ1) is 13.9. The highest BCUT2D eigenvalue weighted by atomic mass is 19.4. The van der Waals surface area contributed by atoms with Crippen molar-refractivity contribution in [3.63, 3.8) is 0 Å². The standard InChI is InChI=1S/C11H15F3N2O/c1-7(15)10(9-4-3-5-16-6-9)17-8(2)11(12,13)14/h3-8,10H,15H2,1-2H3. The van der Waals surface area contributed by atoms with Crippen LogP contribution in [0.3, 0.4) is 0 Å². The van der Waals surface area contributed by atoms with Gasteiger partial charge in [0.2, 0.25) is 0 Å². The summed E-state index contributed by atoms with van der Waals surface area (Å²) >= 11 is 0. The molecule has 0 saturated carbocycles. The van der Waals surface area contributed by atoms with Gasteiger partial charge >= 0.3 is 6.18 Å². The lowest BCUT2D eigenvalue weighted by molar-refractivity contribution is -0.229. The number of aromatic nitrogens is 1. The Kier molecular flexibility index (Phi) is 4.47. The fraction of sp³-hybridized carbons (Fsp3) is 0.545. The number of nitrogens with two attached hydrogens (primary N) is 1. The highest BCUT2D eigenvalue weighted by Gasteiger charge is 2.39. The van der Waals surface area contributed by atoms with Gasteiger partial charge in [-0.25, -0.2) is 0 Å². The third kappa shape index (κ3) is 3.98. The lowest BCUT2D eigenvalue weighted by Gasteiger charge is -2.26. The van der Waals surface area contributed by atoms with E-state index >= 15 is 0 Å². The van der Waals surface area contributed by atoms with Gasteiger partial charge < -0.3 is 10.5 Å². The number of rotatable bonds is 4. The van der Waals surface area contributed by atoms with Gasteiger partial charge in [0.1, 0.15) is 0 Å². The second-order valence-corrected chi connectivity index (χ2v) is 3.89. The van der Waals surface area contributed by atoms with Crippen molar-refractivity contribution in [2.24, 2.45) is 5.73 Å². The minimum Gasteiger partial charge on any atom is -0.359 e. The number of hydrogen-bond donors (Lipinski definition) is 1. The summed E-state index contributed by atoms with van der Waals surface area (Å²) in [5, 5.41) is 0. The maximum absolute atomic E-state index is 12.4. The largest absolute Gasteiger partial charge is 0.414 e. The average molecular weight is 248 g/mol. The first-order valence-electron chi connectivity index (χ1n) is 5.20. The van der Waals surface area contributed by atoms with Crippen LogP contribution in [0.15, 0.2) is 24.5 Å². The Hall–Kier alpha value is -1.14. The molecule has 0 aliphatic rings. The van der Waals surface area contributed by atoms with Gasteiger partial charge in [-0.2, -0.15) is 13.2 Å². The van der Waals surface area contributed by atoms with Crippen LogP contribution in [0, 0.1) is 0 Å². The van der Waals surface area contributed by atoms with E-state index in [4.69, 9.17) is 10.5 Å². The van der Waals surface area contributed by atoms with Crippen LogP contribution < -0.4 is 5.73 Å². The third-order valence-electron chi connectivity index (χ3n) is 2.30. The highest BCUT2D eigenvalue weighted by molar-refractivity contribution is 5.14. The quantitative estimate of drug-likeness (QED) is 0.890. The van der Waals surface area contributed by atoms with E-state index in [-0.39, 0.29) is 0 Å². The molecule has 1 aromatic heterocycles. The summed E-state index contributed by atoms with van der Waals surface area (Å²) in [7, 11) is 0. The van der Waals surface area contributed by atoms with Crippen molar-refractivity contribution in [1.82, 2.24) is 4.98 Å². The molecule has 1 rings (SSSR count). The number of alkyl halides is 3. The molecule has 0 spiro atoms. The van der Waals surface area contributed by atoms with Crippen LogP contribution >= 0.6 is 0 Å². The molecule has 3 nitrogen and oxygen atoms in total. The maximum Gasteiger partial charge on any atom is 0.414 e. The molecule has 2 N–H and O–H groups in total. The molecule has 3 unspecified atom stereocenters. The van der Waals surface area contributed by atoms with Gasteiger partial charge in [0, 0.05) is 24.0 Å². The lowest BCUT2D eigenvalue weighted by Crippen LogP contribution is -2.35. The SMILES string of the molecule is CC(N)C(OC(C)C(F)(F)F)c1cccnc1. The highest BCUT2D eigenvalue weighted by Crippen LogP contribution is 2.29. The van der Waals surface area contributed by atoms with Crippen LogP contribution in [-0.4, -0.2) is 23.3 Å². The molecule has 0 aliphatic heterocycles. The fourth-order valence-electron chi connectivity index (χ4n) is 1.35. The second kappa shape index (κ2) is 5.46. The number of nitrogens with zero attached hydrogens (tertiary/aromatic N) is 1. The van der Waals surface area contributed by atoms with E-state index in [0.29, 0.717) is 5.56 Å². The van der Waals surface area contributed by atoms with Crippen molar-refractivity contribution in [2.75, 3.05) is 0 Å². The zero-order valence-corrected chi connectivity index (χ0v) is 9.61. The summed E-state index contributed by atoms with van der Waals surface area (Å²) in [5.74, 6) is 0. The molecule has 0 saturated heterocycles. The predicted molar refractivity (Wildman–Crippen MR) is 57.2 cm³/mol. The summed E-state index contributed by atoms with van der Waals surface area (Å²) in [6.07, 6.45) is -4.08. The molecular weight excluding hydrogens is 233 g/mol. The minimum atomic E-state index is -4.39. The summed E-state index contributed by atoms with van der Waals surface area (Å²) in [5.41, 5.74) is 6.18. The average Bonchev–Trinajstić information content (AvgIpc) is 2.25. The fourth-order valence-corrected chi connectivity index (χ4v) is 1.35. The van der Waals surface area contributed by atoms with E-state index in [1.54, 1.807) is 19.1 Å². The van der Waals surface area contributed by atoms with Crippen LogP contribution in [0.4, 0.5) is 13.2 Å². The van der Waals surface area contributed by atoms with E-state index in [9.17, 15) is 13.2 Å². The molecule has 0 amide bonds. The number of ether oxygens (including phenoxy) is 1. The Bertz CT molecular complexity index is 340. The van der Waals surface area contributed by atoms with Crippen molar-refractivity contribution < 1.29 is 17.9 Å². The normalized spacial score (nSPS) is 17.5. The van der Waals surface area contributed by atoms with Crippen molar-refractivity contribution in [3.05, 3.63) is 30.1 Å². The Morgan fingerprint density at radius 3 is 2.41 bits per heavy atom. The molecule has 0 aliphatic carbocycles. The number of pyridine rings is 1. The van der Waals surface area contributed by atoms with E-state index in [1.165, 1.54) is 12.4 Å². The van der Waals surface area contributed by atoms with E-state index in [1.807, 2.05) is 0 Å². The molecule has 96 valence electrons. The molecule has 0 bridgehead atoms. The first-order chi connectivity index (χ1) is 7.82. The Balaban J connectivity index is 2.82. The third-order valence-corrected chi connectivity index (χ3v) is 2.30. The second-order valence-electron chi connectivity index (χ2n) is 3.89. The topological polar surface area (TPSA) is 48.1 Å². The molecular formula is C11H15F3N2O. The van der Waals surface area contributed by atoms with Gasteiger partial charge in [-0.05, 0) is 19.9 Å². The van der Waals surface area contributed by atoms with Crippen molar-refractivity contribution >= 4 is 0 Å². The van der Waals surface area contributed by atoms with Crippen LogP contribution in [0.1, 0.15) is 25.5 Å². The maximum atomic E-state index is 12.4. The molecule has 0 aromatic carbocycles. The Morgan fingerprint density at radius 2 is 2.00 bits per heavy atom. The van der Waals surface area contributed by atoms with Crippen LogP contribution in [-0.2, 0) is 4.74 Å². The van der Waals surface area contributed by atoms with Gasteiger partial charge in [-0.3, -0.25) is 4.98 Å². The van der Waals surface area contributed by atoms with Gasteiger partial charge in [-0.1, -0.05) is 6.07 Å².